The maximum Gasteiger partial charge on any atom is 0.230 e. The Bertz CT molecular complexity index is 550. The number of nitrogens with one attached hydrogen (secondary N) is 1. The van der Waals surface area contributed by atoms with Gasteiger partial charge in [-0.15, -0.1) is 0 Å². The van der Waals surface area contributed by atoms with Crippen LogP contribution in [0.4, 0.5) is 5.69 Å². The van der Waals surface area contributed by atoms with E-state index in [1.807, 2.05) is 24.3 Å². The number of nitrogens with two attached hydrogens (primary N) is 1. The Morgan fingerprint density at radius 2 is 1.95 bits per heavy atom. The molecule has 3 fully saturated rings. The number of fused-ring (bicyclic) bond motifs is 1. The number of hydrogen-bond acceptors (Lipinski definition) is 3. The molecule has 21 heavy (non-hydrogen) atoms. The van der Waals surface area contributed by atoms with Gasteiger partial charge in [0.15, 0.2) is 0 Å². The first kappa shape index (κ1) is 13.1. The number of nitrogens with zero attached hydrogens (tertiary/aromatic N) is 1. The zero-order valence-corrected chi connectivity index (χ0v) is 12.3. The zero-order valence-electron chi connectivity index (χ0n) is 12.3. The van der Waals surface area contributed by atoms with Crippen LogP contribution in [0.1, 0.15) is 37.7 Å². The Hall–Kier alpha value is -1.55. The molecule has 3 N–H and O–H groups in total. The van der Waals surface area contributed by atoms with Gasteiger partial charge < -0.3 is 11.1 Å². The van der Waals surface area contributed by atoms with Crippen LogP contribution >= 0.6 is 0 Å². The summed E-state index contributed by atoms with van der Waals surface area (Å²) in [6, 6.07) is 8.76. The van der Waals surface area contributed by atoms with E-state index in [-0.39, 0.29) is 11.3 Å². The van der Waals surface area contributed by atoms with Crippen molar-refractivity contribution in [2.75, 3.05) is 18.8 Å². The molecule has 112 valence electrons. The largest absolute Gasteiger partial charge is 0.399 e. The normalized spacial score (nSPS) is 30.1. The van der Waals surface area contributed by atoms with Gasteiger partial charge in [0.2, 0.25) is 5.91 Å². The van der Waals surface area contributed by atoms with Crippen LogP contribution in [0.15, 0.2) is 24.3 Å². The van der Waals surface area contributed by atoms with Crippen LogP contribution in [-0.4, -0.2) is 36.0 Å². The monoisotopic (exact) mass is 285 g/mol. The topological polar surface area (TPSA) is 58.4 Å². The lowest BCUT2D eigenvalue weighted by atomic mass is 9.93. The van der Waals surface area contributed by atoms with Gasteiger partial charge in [0.25, 0.3) is 0 Å². The predicted octanol–water partition coefficient (Wildman–Crippen LogP) is 1.65. The molecule has 2 aliphatic heterocycles. The zero-order chi connectivity index (χ0) is 14.4. The molecular formula is C17H23N3O. The van der Waals surface area contributed by atoms with Crippen molar-refractivity contribution in [3.63, 3.8) is 0 Å². The quantitative estimate of drug-likeness (QED) is 0.830. The second-order valence-corrected chi connectivity index (χ2v) is 6.82. The maximum absolute atomic E-state index is 12.8. The fourth-order valence-electron chi connectivity index (χ4n) is 4.13. The van der Waals surface area contributed by atoms with E-state index in [0.29, 0.717) is 12.1 Å². The van der Waals surface area contributed by atoms with Gasteiger partial charge in [0.1, 0.15) is 0 Å². The lowest BCUT2D eigenvalue weighted by Gasteiger charge is -2.24. The summed E-state index contributed by atoms with van der Waals surface area (Å²) in [4.78, 5) is 15.3. The van der Waals surface area contributed by atoms with Crippen LogP contribution in [0.25, 0.3) is 0 Å². The van der Waals surface area contributed by atoms with E-state index >= 15 is 0 Å². The molecule has 0 radical (unpaired) electrons. The first-order chi connectivity index (χ1) is 10.2. The first-order valence-electron chi connectivity index (χ1n) is 8.10. The molecule has 4 nitrogen and oxygen atoms in total. The van der Waals surface area contributed by atoms with Crippen LogP contribution in [0.2, 0.25) is 0 Å². The first-order valence-corrected chi connectivity index (χ1v) is 8.10. The summed E-state index contributed by atoms with van der Waals surface area (Å²) in [6.45, 7) is 2.35. The fourth-order valence-corrected chi connectivity index (χ4v) is 4.13. The van der Waals surface area contributed by atoms with Crippen LogP contribution < -0.4 is 11.1 Å². The van der Waals surface area contributed by atoms with Crippen molar-refractivity contribution in [3.8, 4) is 0 Å². The molecule has 1 amide bonds. The van der Waals surface area contributed by atoms with Crippen molar-refractivity contribution in [2.45, 2.75) is 49.6 Å². The summed E-state index contributed by atoms with van der Waals surface area (Å²) < 4.78 is 0. The van der Waals surface area contributed by atoms with Crippen LogP contribution in [0.3, 0.4) is 0 Å². The van der Waals surface area contributed by atoms with Crippen LogP contribution in [0.5, 0.6) is 0 Å². The number of nitrogen functional groups attached to an aromatic ring is 1. The Kier molecular flexibility index (Phi) is 2.96. The minimum Gasteiger partial charge on any atom is -0.399 e. The molecule has 0 bridgehead atoms. The molecule has 0 aromatic heterocycles. The number of amides is 1. The minimum absolute atomic E-state index is 0.228. The number of hydrogen-bond donors (Lipinski definition) is 2. The van der Waals surface area contributed by atoms with E-state index in [1.54, 1.807) is 0 Å². The number of carbonyl (C=O) groups is 1. The van der Waals surface area contributed by atoms with Gasteiger partial charge in [-0.3, -0.25) is 9.69 Å². The van der Waals surface area contributed by atoms with E-state index in [2.05, 4.69) is 10.2 Å². The summed E-state index contributed by atoms with van der Waals surface area (Å²) in [5.74, 6) is 0.228. The van der Waals surface area contributed by atoms with E-state index < -0.39 is 0 Å². The average molecular weight is 285 g/mol. The van der Waals surface area contributed by atoms with Gasteiger partial charge in [-0.25, -0.2) is 0 Å². The Morgan fingerprint density at radius 1 is 1.19 bits per heavy atom. The highest BCUT2D eigenvalue weighted by Crippen LogP contribution is 2.48. The molecule has 2 heterocycles. The van der Waals surface area contributed by atoms with Crippen molar-refractivity contribution in [2.24, 2.45) is 0 Å². The van der Waals surface area contributed by atoms with Crippen molar-refractivity contribution in [3.05, 3.63) is 29.8 Å². The van der Waals surface area contributed by atoms with Gasteiger partial charge in [0, 0.05) is 24.3 Å². The lowest BCUT2D eigenvalue weighted by molar-refractivity contribution is -0.124. The molecule has 2 atom stereocenters. The molecule has 1 aliphatic carbocycles. The van der Waals surface area contributed by atoms with Crippen LogP contribution in [0, 0.1) is 0 Å². The van der Waals surface area contributed by atoms with E-state index in [0.717, 1.165) is 37.1 Å². The van der Waals surface area contributed by atoms with E-state index in [4.69, 9.17) is 5.73 Å². The number of anilines is 1. The summed E-state index contributed by atoms with van der Waals surface area (Å²) in [5, 5.41) is 3.35. The Balaban J connectivity index is 1.48. The molecule has 4 rings (SSSR count). The van der Waals surface area contributed by atoms with Gasteiger partial charge in [-0.1, -0.05) is 12.1 Å². The minimum atomic E-state index is -0.278. The molecule has 3 aliphatic rings. The van der Waals surface area contributed by atoms with Crippen molar-refractivity contribution < 1.29 is 4.79 Å². The Morgan fingerprint density at radius 3 is 2.67 bits per heavy atom. The van der Waals surface area contributed by atoms with E-state index in [9.17, 15) is 4.79 Å². The van der Waals surface area contributed by atoms with Gasteiger partial charge in [0.05, 0.1) is 5.41 Å². The van der Waals surface area contributed by atoms with Gasteiger partial charge in [-0.2, -0.15) is 0 Å². The third-order valence-electron chi connectivity index (χ3n) is 5.57. The second-order valence-electron chi connectivity index (χ2n) is 6.82. The highest BCUT2D eigenvalue weighted by molar-refractivity contribution is 5.91. The lowest BCUT2D eigenvalue weighted by Crippen LogP contribution is -2.46. The number of benzene rings is 1. The van der Waals surface area contributed by atoms with Crippen molar-refractivity contribution in [1.82, 2.24) is 10.2 Å². The van der Waals surface area contributed by atoms with Gasteiger partial charge in [-0.05, 0) is 56.3 Å². The molecule has 1 aromatic rings. The predicted molar refractivity (Wildman–Crippen MR) is 82.9 cm³/mol. The summed E-state index contributed by atoms with van der Waals surface area (Å²) >= 11 is 0. The second kappa shape index (κ2) is 4.73. The average Bonchev–Trinajstić information content (AvgIpc) is 3.01. The third kappa shape index (κ3) is 2.13. The standard InChI is InChI=1S/C17H23N3O/c18-13-5-3-12(4-6-13)17(8-9-17)16(21)19-14-7-11-20-10-1-2-15(14)20/h3-6,14-15H,1-2,7-11,18H2,(H,19,21). The molecule has 1 saturated carbocycles. The summed E-state index contributed by atoms with van der Waals surface area (Å²) in [7, 11) is 0. The third-order valence-corrected chi connectivity index (χ3v) is 5.57. The number of carbonyl (C=O) groups excluding carboxylic acids is 1. The van der Waals surface area contributed by atoms with Crippen molar-refractivity contribution >= 4 is 11.6 Å². The van der Waals surface area contributed by atoms with Crippen LogP contribution in [-0.2, 0) is 10.2 Å². The van der Waals surface area contributed by atoms with E-state index in [1.165, 1.54) is 19.4 Å². The SMILES string of the molecule is Nc1ccc(C2(C(=O)NC3CCN4CCCC34)CC2)cc1. The molecular weight excluding hydrogens is 262 g/mol. The maximum atomic E-state index is 12.8. The molecule has 0 spiro atoms. The summed E-state index contributed by atoms with van der Waals surface area (Å²) in [5.41, 5.74) is 7.35. The van der Waals surface area contributed by atoms with Crippen molar-refractivity contribution in [1.29, 1.82) is 0 Å². The van der Waals surface area contributed by atoms with Gasteiger partial charge >= 0.3 is 0 Å². The molecule has 2 unspecified atom stereocenters. The smallest absolute Gasteiger partial charge is 0.230 e. The highest BCUT2D eigenvalue weighted by atomic mass is 16.2. The highest BCUT2D eigenvalue weighted by Gasteiger charge is 2.52. The number of rotatable bonds is 3. The molecule has 4 heteroatoms. The summed E-state index contributed by atoms with van der Waals surface area (Å²) in [6.07, 6.45) is 5.54. The molecule has 2 saturated heterocycles. The Labute approximate surface area is 125 Å². The molecule has 1 aromatic carbocycles. The fraction of sp³-hybridized carbons (Fsp3) is 0.588.